The van der Waals surface area contributed by atoms with Crippen molar-refractivity contribution >= 4 is 7.60 Å². The average molecular weight is 307 g/mol. The van der Waals surface area contributed by atoms with Crippen molar-refractivity contribution in [2.45, 2.75) is 78.1 Å². The molecule has 2 N–H and O–H groups in total. The first-order chi connectivity index (χ1) is 9.49. The van der Waals surface area contributed by atoms with Gasteiger partial charge in [0, 0.05) is 0 Å². The molecule has 0 aliphatic rings. The van der Waals surface area contributed by atoms with Crippen LogP contribution in [-0.2, 0) is 4.57 Å². The molecule has 0 saturated heterocycles. The van der Waals surface area contributed by atoms with E-state index in [-0.39, 0.29) is 6.29 Å². The van der Waals surface area contributed by atoms with Crippen LogP contribution >= 0.6 is 7.60 Å². The molecule has 0 heterocycles. The van der Waals surface area contributed by atoms with E-state index >= 15 is 0 Å². The average Bonchev–Trinajstić information content (AvgIpc) is 2.38. The Morgan fingerprint density at radius 3 is 1.65 bits per heavy atom. The highest BCUT2D eigenvalue weighted by molar-refractivity contribution is 7.51. The van der Waals surface area contributed by atoms with Crippen LogP contribution in [0.15, 0.2) is 0 Å². The summed E-state index contributed by atoms with van der Waals surface area (Å²) in [5, 5.41) is 0. The summed E-state index contributed by atoms with van der Waals surface area (Å²) in [5.41, 5.74) is 0. The van der Waals surface area contributed by atoms with Crippen molar-refractivity contribution in [3.63, 3.8) is 0 Å². The molecule has 0 spiro atoms. The number of unbranched alkanes of at least 4 members (excludes halogenated alkanes) is 9. The molecule has 5 heteroatoms. The SMILES string of the molecule is CCCCCCCCCCCCN(CC)CP(=O)(O)O. The van der Waals surface area contributed by atoms with E-state index < -0.39 is 7.60 Å². The molecule has 0 fully saturated rings. The zero-order valence-electron chi connectivity index (χ0n) is 13.4. The molecule has 0 aromatic carbocycles. The van der Waals surface area contributed by atoms with Gasteiger partial charge >= 0.3 is 7.60 Å². The van der Waals surface area contributed by atoms with Crippen molar-refractivity contribution < 1.29 is 14.4 Å². The van der Waals surface area contributed by atoms with Gasteiger partial charge in [-0.15, -0.1) is 0 Å². The van der Waals surface area contributed by atoms with E-state index in [4.69, 9.17) is 9.79 Å². The summed E-state index contributed by atoms with van der Waals surface area (Å²) in [6.07, 6.45) is 12.8. The number of hydrogen-bond donors (Lipinski definition) is 2. The highest BCUT2D eigenvalue weighted by atomic mass is 31.2. The zero-order chi connectivity index (χ0) is 15.3. The summed E-state index contributed by atoms with van der Waals surface area (Å²) in [7, 11) is -3.89. The molecule has 0 atom stereocenters. The molecule has 0 aliphatic carbocycles. The lowest BCUT2D eigenvalue weighted by Crippen LogP contribution is -2.25. The minimum Gasteiger partial charge on any atom is -0.324 e. The summed E-state index contributed by atoms with van der Waals surface area (Å²) in [6, 6.07) is 0. The maximum absolute atomic E-state index is 10.9. The number of rotatable bonds is 14. The summed E-state index contributed by atoms with van der Waals surface area (Å²) in [4.78, 5) is 19.8. The third-order valence-corrected chi connectivity index (χ3v) is 4.43. The second-order valence-electron chi connectivity index (χ2n) is 5.70. The molecular formula is C15H34NO3P. The predicted molar refractivity (Wildman–Crippen MR) is 86.0 cm³/mol. The minimum atomic E-state index is -3.89. The van der Waals surface area contributed by atoms with Crippen LogP contribution in [0, 0.1) is 0 Å². The van der Waals surface area contributed by atoms with Crippen molar-refractivity contribution in [1.29, 1.82) is 0 Å². The molecule has 0 amide bonds. The second kappa shape index (κ2) is 12.8. The molecule has 122 valence electrons. The lowest BCUT2D eigenvalue weighted by atomic mass is 10.1. The van der Waals surface area contributed by atoms with E-state index in [2.05, 4.69) is 6.92 Å². The lowest BCUT2D eigenvalue weighted by molar-refractivity contribution is 0.280. The molecule has 0 rings (SSSR count). The van der Waals surface area contributed by atoms with Gasteiger partial charge in [-0.3, -0.25) is 9.46 Å². The molecule has 0 saturated carbocycles. The Hall–Kier alpha value is 0.110. The van der Waals surface area contributed by atoms with Gasteiger partial charge in [0.05, 0.1) is 0 Å². The molecule has 0 aromatic heterocycles. The minimum absolute atomic E-state index is 0.0963. The third kappa shape index (κ3) is 14.5. The summed E-state index contributed by atoms with van der Waals surface area (Å²) in [5.74, 6) is 0. The summed E-state index contributed by atoms with van der Waals surface area (Å²) >= 11 is 0. The van der Waals surface area contributed by atoms with Crippen molar-refractivity contribution in [3.8, 4) is 0 Å². The van der Waals surface area contributed by atoms with Gasteiger partial charge in [0.15, 0.2) is 0 Å². The molecular weight excluding hydrogens is 273 g/mol. The lowest BCUT2D eigenvalue weighted by Gasteiger charge is -2.20. The van der Waals surface area contributed by atoms with E-state index in [0.29, 0.717) is 6.54 Å². The molecule has 0 aliphatic heterocycles. The molecule has 4 nitrogen and oxygen atoms in total. The van der Waals surface area contributed by atoms with E-state index in [9.17, 15) is 4.57 Å². The number of nitrogens with zero attached hydrogens (tertiary/aromatic N) is 1. The molecule has 0 unspecified atom stereocenters. The highest BCUT2D eigenvalue weighted by Crippen LogP contribution is 2.34. The summed E-state index contributed by atoms with van der Waals surface area (Å²) < 4.78 is 10.9. The van der Waals surface area contributed by atoms with Crippen LogP contribution in [0.3, 0.4) is 0 Å². The van der Waals surface area contributed by atoms with Crippen LogP contribution < -0.4 is 0 Å². The quantitative estimate of drug-likeness (QED) is 0.370. The fourth-order valence-corrected chi connectivity index (χ4v) is 3.27. The first-order valence-electron chi connectivity index (χ1n) is 8.26. The van der Waals surface area contributed by atoms with Gasteiger partial charge in [0.25, 0.3) is 0 Å². The molecule has 0 bridgehead atoms. The van der Waals surface area contributed by atoms with Crippen molar-refractivity contribution in [1.82, 2.24) is 4.90 Å². The van der Waals surface area contributed by atoms with E-state index in [1.807, 2.05) is 11.8 Å². The topological polar surface area (TPSA) is 60.8 Å². The van der Waals surface area contributed by atoms with Gasteiger partial charge in [-0.25, -0.2) is 0 Å². The highest BCUT2D eigenvalue weighted by Gasteiger charge is 2.17. The Morgan fingerprint density at radius 2 is 1.25 bits per heavy atom. The monoisotopic (exact) mass is 307 g/mol. The van der Waals surface area contributed by atoms with Crippen LogP contribution in [-0.4, -0.2) is 34.1 Å². The van der Waals surface area contributed by atoms with Gasteiger partial charge in [-0.2, -0.15) is 0 Å². The number of hydrogen-bond acceptors (Lipinski definition) is 2. The Morgan fingerprint density at radius 1 is 0.800 bits per heavy atom. The van der Waals surface area contributed by atoms with Crippen molar-refractivity contribution in [2.24, 2.45) is 0 Å². The third-order valence-electron chi connectivity index (χ3n) is 3.66. The van der Waals surface area contributed by atoms with Gasteiger partial charge < -0.3 is 9.79 Å². The molecule has 20 heavy (non-hydrogen) atoms. The first kappa shape index (κ1) is 20.1. The van der Waals surface area contributed by atoms with E-state index in [1.54, 1.807) is 0 Å². The van der Waals surface area contributed by atoms with Gasteiger partial charge in [0.2, 0.25) is 0 Å². The summed E-state index contributed by atoms with van der Waals surface area (Å²) in [6.45, 7) is 5.71. The Labute approximate surface area is 125 Å². The van der Waals surface area contributed by atoms with Gasteiger partial charge in [-0.1, -0.05) is 71.6 Å². The first-order valence-corrected chi connectivity index (χ1v) is 10.1. The smallest absolute Gasteiger partial charge is 0.324 e. The van der Waals surface area contributed by atoms with Crippen molar-refractivity contribution in [3.05, 3.63) is 0 Å². The Balaban J connectivity index is 3.36. The maximum atomic E-state index is 10.9. The van der Waals surface area contributed by atoms with Crippen LogP contribution in [0.2, 0.25) is 0 Å². The van der Waals surface area contributed by atoms with Gasteiger partial charge in [0.1, 0.15) is 6.29 Å². The fraction of sp³-hybridized carbons (Fsp3) is 1.00. The standard InChI is InChI=1S/C15H34NO3P/c1-3-5-6-7-8-9-10-11-12-13-14-16(4-2)15-20(17,18)19/h3-15H2,1-2H3,(H2,17,18,19). The van der Waals surface area contributed by atoms with Crippen LogP contribution in [0.4, 0.5) is 0 Å². The Kier molecular flexibility index (Phi) is 12.9. The van der Waals surface area contributed by atoms with Crippen LogP contribution in [0.5, 0.6) is 0 Å². The van der Waals surface area contributed by atoms with Gasteiger partial charge in [-0.05, 0) is 19.5 Å². The van der Waals surface area contributed by atoms with Crippen LogP contribution in [0.25, 0.3) is 0 Å². The zero-order valence-corrected chi connectivity index (χ0v) is 14.3. The van der Waals surface area contributed by atoms with E-state index in [0.717, 1.165) is 13.0 Å². The van der Waals surface area contributed by atoms with Crippen molar-refractivity contribution in [2.75, 3.05) is 19.4 Å². The normalized spacial score (nSPS) is 12.2. The molecule has 0 aromatic rings. The second-order valence-corrected chi connectivity index (χ2v) is 7.31. The van der Waals surface area contributed by atoms with E-state index in [1.165, 1.54) is 57.8 Å². The molecule has 0 radical (unpaired) electrons. The Bertz CT molecular complexity index is 256. The predicted octanol–water partition coefficient (Wildman–Crippen LogP) is 4.36. The fourth-order valence-electron chi connectivity index (χ4n) is 2.41. The maximum Gasteiger partial charge on any atom is 0.339 e. The largest absolute Gasteiger partial charge is 0.339 e. The van der Waals surface area contributed by atoms with Crippen LogP contribution in [0.1, 0.15) is 78.1 Å².